The maximum atomic E-state index is 13.1. The monoisotopic (exact) mass is 463 g/mol. The van der Waals surface area contributed by atoms with E-state index in [0.717, 1.165) is 33.8 Å². The van der Waals surface area contributed by atoms with Crippen molar-refractivity contribution >= 4 is 5.91 Å². The van der Waals surface area contributed by atoms with Crippen molar-refractivity contribution in [2.45, 2.75) is 20.4 Å². The average molecular weight is 464 g/mol. The molecule has 0 fully saturated rings. The van der Waals surface area contributed by atoms with Gasteiger partial charge in [-0.25, -0.2) is 4.68 Å². The molecule has 7 nitrogen and oxygen atoms in total. The number of benzene rings is 3. The van der Waals surface area contributed by atoms with E-state index >= 15 is 0 Å². The Morgan fingerprint density at radius 2 is 1.40 bits per heavy atom. The molecule has 0 radical (unpaired) electrons. The lowest BCUT2D eigenvalue weighted by atomic mass is 10.1. The van der Waals surface area contributed by atoms with Crippen LogP contribution in [0.1, 0.15) is 27.3 Å². The van der Waals surface area contributed by atoms with E-state index in [0.29, 0.717) is 23.9 Å². The molecule has 174 valence electrons. The van der Waals surface area contributed by atoms with Crippen molar-refractivity contribution in [3.63, 3.8) is 0 Å². The van der Waals surface area contributed by atoms with Crippen LogP contribution in [0.4, 0.5) is 0 Å². The largest absolute Gasteiger partial charge is 0.416 e. The summed E-state index contributed by atoms with van der Waals surface area (Å²) in [4.78, 5) is 14.8. The third kappa shape index (κ3) is 4.48. The molecule has 0 saturated carbocycles. The molecule has 0 aliphatic carbocycles. The lowest BCUT2D eigenvalue weighted by molar-refractivity contribution is 0.0784. The Morgan fingerprint density at radius 3 is 2.03 bits per heavy atom. The summed E-state index contributed by atoms with van der Waals surface area (Å²) in [5.41, 5.74) is 6.18. The van der Waals surface area contributed by atoms with Gasteiger partial charge in [0.1, 0.15) is 0 Å². The summed E-state index contributed by atoms with van der Waals surface area (Å²) in [5, 5.41) is 13.0. The smallest absolute Gasteiger partial charge is 0.253 e. The second-order valence-electron chi connectivity index (χ2n) is 8.41. The van der Waals surface area contributed by atoms with Gasteiger partial charge >= 0.3 is 0 Å². The Morgan fingerprint density at radius 1 is 0.829 bits per heavy atom. The number of aromatic nitrogens is 4. The van der Waals surface area contributed by atoms with Gasteiger partial charge in [0, 0.05) is 41.5 Å². The lowest BCUT2D eigenvalue weighted by Crippen LogP contribution is -2.26. The van der Waals surface area contributed by atoms with E-state index in [-0.39, 0.29) is 5.91 Å². The number of hydrogen-bond acceptors (Lipinski definition) is 5. The SMILES string of the molecule is Cc1nn(-c2ccccc2)c(C)c1CN(C)C(=O)c1ccc(-c2nnc(-c3ccccc3)o2)cc1. The molecule has 3 aromatic carbocycles. The van der Waals surface area contributed by atoms with Crippen molar-refractivity contribution in [1.82, 2.24) is 24.9 Å². The normalized spacial score (nSPS) is 10.9. The maximum absolute atomic E-state index is 13.1. The molecule has 5 rings (SSSR count). The first-order valence-corrected chi connectivity index (χ1v) is 11.4. The summed E-state index contributed by atoms with van der Waals surface area (Å²) in [6, 6.07) is 26.8. The highest BCUT2D eigenvalue weighted by atomic mass is 16.4. The van der Waals surface area contributed by atoms with Gasteiger partial charge in [-0.3, -0.25) is 4.79 Å². The zero-order valence-electron chi connectivity index (χ0n) is 19.8. The maximum Gasteiger partial charge on any atom is 0.253 e. The Labute approximate surface area is 203 Å². The molecule has 0 aliphatic rings. The molecule has 0 spiro atoms. The number of rotatable bonds is 6. The number of hydrogen-bond donors (Lipinski definition) is 0. The zero-order valence-corrected chi connectivity index (χ0v) is 19.8. The summed E-state index contributed by atoms with van der Waals surface area (Å²) in [6.45, 7) is 4.47. The third-order valence-corrected chi connectivity index (χ3v) is 6.01. The van der Waals surface area contributed by atoms with E-state index in [1.54, 1.807) is 24.1 Å². The number of carbonyl (C=O) groups is 1. The minimum absolute atomic E-state index is 0.0710. The zero-order chi connectivity index (χ0) is 24.4. The fourth-order valence-corrected chi connectivity index (χ4v) is 4.05. The van der Waals surface area contributed by atoms with Crippen molar-refractivity contribution < 1.29 is 9.21 Å². The minimum Gasteiger partial charge on any atom is -0.416 e. The first kappa shape index (κ1) is 22.3. The van der Waals surface area contributed by atoms with Crippen LogP contribution in [0.15, 0.2) is 89.3 Å². The lowest BCUT2D eigenvalue weighted by Gasteiger charge is -2.18. The molecular formula is C28H25N5O2. The second kappa shape index (κ2) is 9.38. The van der Waals surface area contributed by atoms with E-state index in [9.17, 15) is 4.79 Å². The van der Waals surface area contributed by atoms with E-state index in [1.807, 2.05) is 91.3 Å². The fraction of sp³-hybridized carbons (Fsp3) is 0.143. The van der Waals surface area contributed by atoms with Gasteiger partial charge in [-0.05, 0) is 62.4 Å². The molecule has 35 heavy (non-hydrogen) atoms. The van der Waals surface area contributed by atoms with E-state index < -0.39 is 0 Å². The second-order valence-corrected chi connectivity index (χ2v) is 8.41. The Hall–Kier alpha value is -4.52. The third-order valence-electron chi connectivity index (χ3n) is 6.01. The number of carbonyl (C=O) groups excluding carboxylic acids is 1. The number of nitrogens with zero attached hydrogens (tertiary/aromatic N) is 5. The van der Waals surface area contributed by atoms with Gasteiger partial charge in [0.05, 0.1) is 11.4 Å². The minimum atomic E-state index is -0.0710. The van der Waals surface area contributed by atoms with Crippen LogP contribution >= 0.6 is 0 Å². The van der Waals surface area contributed by atoms with Crippen molar-refractivity contribution in [3.05, 3.63) is 107 Å². The molecule has 0 aliphatic heterocycles. The summed E-state index contributed by atoms with van der Waals surface area (Å²) in [6.07, 6.45) is 0. The Kier molecular flexibility index (Phi) is 5.97. The highest BCUT2D eigenvalue weighted by Gasteiger charge is 2.19. The molecule has 0 bridgehead atoms. The summed E-state index contributed by atoms with van der Waals surface area (Å²) in [5.74, 6) is 0.802. The Bertz CT molecular complexity index is 1450. The molecule has 2 aromatic heterocycles. The molecule has 5 aromatic rings. The molecule has 7 heteroatoms. The summed E-state index contributed by atoms with van der Waals surface area (Å²) in [7, 11) is 1.80. The van der Waals surface area contributed by atoms with Crippen LogP contribution in [0.2, 0.25) is 0 Å². The first-order valence-electron chi connectivity index (χ1n) is 11.4. The molecule has 0 atom stereocenters. The topological polar surface area (TPSA) is 77.1 Å². The number of amides is 1. The predicted octanol–water partition coefficient (Wildman–Crippen LogP) is 5.48. The van der Waals surface area contributed by atoms with Gasteiger partial charge in [0.2, 0.25) is 11.8 Å². The van der Waals surface area contributed by atoms with Crippen molar-refractivity contribution in [3.8, 4) is 28.6 Å². The highest BCUT2D eigenvalue weighted by Crippen LogP contribution is 2.25. The summed E-state index contributed by atoms with van der Waals surface area (Å²) < 4.78 is 7.74. The molecule has 0 unspecified atom stereocenters. The van der Waals surface area contributed by atoms with E-state index in [2.05, 4.69) is 15.3 Å². The average Bonchev–Trinajstić information content (AvgIpc) is 3.50. The molecule has 0 N–H and O–H groups in total. The Balaban J connectivity index is 1.31. The van der Waals surface area contributed by atoms with E-state index in [1.165, 1.54) is 0 Å². The van der Waals surface area contributed by atoms with Crippen molar-refractivity contribution in [2.75, 3.05) is 7.05 Å². The van der Waals surface area contributed by atoms with Crippen molar-refractivity contribution in [2.24, 2.45) is 0 Å². The molecule has 2 heterocycles. The van der Waals surface area contributed by atoms with E-state index in [4.69, 9.17) is 4.42 Å². The van der Waals surface area contributed by atoms with Crippen molar-refractivity contribution in [1.29, 1.82) is 0 Å². The fourth-order valence-electron chi connectivity index (χ4n) is 4.05. The molecule has 1 amide bonds. The number of para-hydroxylation sites is 1. The van der Waals surface area contributed by atoms with Crippen LogP contribution in [0.3, 0.4) is 0 Å². The van der Waals surface area contributed by atoms with Gasteiger partial charge in [-0.1, -0.05) is 36.4 Å². The van der Waals surface area contributed by atoms with Gasteiger partial charge in [0.25, 0.3) is 5.91 Å². The van der Waals surface area contributed by atoms with Crippen LogP contribution in [0, 0.1) is 13.8 Å². The van der Waals surface area contributed by atoms with Crippen LogP contribution < -0.4 is 0 Å². The molecule has 0 saturated heterocycles. The van der Waals surface area contributed by atoms with Crippen LogP contribution in [0.5, 0.6) is 0 Å². The quantitative estimate of drug-likeness (QED) is 0.333. The van der Waals surface area contributed by atoms with Gasteiger partial charge in [0.15, 0.2) is 0 Å². The summed E-state index contributed by atoms with van der Waals surface area (Å²) >= 11 is 0. The molecular weight excluding hydrogens is 438 g/mol. The predicted molar refractivity (Wildman–Crippen MR) is 134 cm³/mol. The standard InChI is InChI=1S/C28H25N5O2/c1-19-25(20(2)33(31-19)24-12-8-5-9-13-24)18-32(3)28(34)23-16-14-22(15-17-23)27-30-29-26(35-27)21-10-6-4-7-11-21/h4-17H,18H2,1-3H3. The number of aryl methyl sites for hydroxylation is 1. The first-order chi connectivity index (χ1) is 17.0. The van der Waals surface area contributed by atoms with Crippen LogP contribution in [-0.4, -0.2) is 37.8 Å². The van der Waals surface area contributed by atoms with Gasteiger partial charge in [-0.2, -0.15) is 5.10 Å². The highest BCUT2D eigenvalue weighted by molar-refractivity contribution is 5.94. The van der Waals surface area contributed by atoms with Crippen LogP contribution in [-0.2, 0) is 6.54 Å². The van der Waals surface area contributed by atoms with Gasteiger partial charge < -0.3 is 9.32 Å². The van der Waals surface area contributed by atoms with Gasteiger partial charge in [-0.15, -0.1) is 10.2 Å². The van der Waals surface area contributed by atoms with Crippen LogP contribution in [0.25, 0.3) is 28.6 Å².